The van der Waals surface area contributed by atoms with Crippen molar-refractivity contribution in [2.24, 2.45) is 0 Å². The van der Waals surface area contributed by atoms with Crippen molar-refractivity contribution in [3.8, 4) is 5.75 Å². The standard InChI is InChI=1S/C19H20O2/c20-19-9-6-16-11-17(7-8-18(16)19)21-12-13-4-5-14-2-1-3-15(14)10-13/h4-5,7-8,10-11,19-20H,1-3,6,9,12H2/t19-/m0/s1. The molecule has 2 heteroatoms. The zero-order chi connectivity index (χ0) is 14.2. The van der Waals surface area contributed by atoms with Gasteiger partial charge in [-0.3, -0.25) is 0 Å². The summed E-state index contributed by atoms with van der Waals surface area (Å²) in [4.78, 5) is 0. The van der Waals surface area contributed by atoms with E-state index in [1.807, 2.05) is 12.1 Å². The minimum Gasteiger partial charge on any atom is -0.489 e. The van der Waals surface area contributed by atoms with Gasteiger partial charge in [0.25, 0.3) is 0 Å². The van der Waals surface area contributed by atoms with Crippen molar-refractivity contribution < 1.29 is 9.84 Å². The average molecular weight is 280 g/mol. The maximum atomic E-state index is 9.83. The number of rotatable bonds is 3. The van der Waals surface area contributed by atoms with Crippen LogP contribution in [0.4, 0.5) is 0 Å². The maximum Gasteiger partial charge on any atom is 0.120 e. The molecule has 1 atom stereocenters. The topological polar surface area (TPSA) is 29.5 Å². The second-order valence-electron chi connectivity index (χ2n) is 6.16. The average Bonchev–Trinajstić information content (AvgIpc) is 3.11. The minimum absolute atomic E-state index is 0.286. The molecule has 0 unspecified atom stereocenters. The van der Waals surface area contributed by atoms with Crippen molar-refractivity contribution in [1.29, 1.82) is 0 Å². The van der Waals surface area contributed by atoms with Gasteiger partial charge >= 0.3 is 0 Å². The van der Waals surface area contributed by atoms with Crippen LogP contribution in [0, 0.1) is 0 Å². The summed E-state index contributed by atoms with van der Waals surface area (Å²) < 4.78 is 5.93. The van der Waals surface area contributed by atoms with Gasteiger partial charge in [-0.25, -0.2) is 0 Å². The lowest BCUT2D eigenvalue weighted by Gasteiger charge is -2.10. The van der Waals surface area contributed by atoms with Crippen LogP contribution in [0.25, 0.3) is 0 Å². The first-order valence-electron chi connectivity index (χ1n) is 7.84. The van der Waals surface area contributed by atoms with Crippen LogP contribution >= 0.6 is 0 Å². The fraction of sp³-hybridized carbons (Fsp3) is 0.368. The molecule has 2 aliphatic carbocycles. The van der Waals surface area contributed by atoms with Crippen LogP contribution in [0.5, 0.6) is 5.75 Å². The van der Waals surface area contributed by atoms with Crippen LogP contribution in [0.1, 0.15) is 46.8 Å². The van der Waals surface area contributed by atoms with Crippen molar-refractivity contribution in [3.63, 3.8) is 0 Å². The molecule has 2 aromatic rings. The maximum absolute atomic E-state index is 9.83. The molecule has 2 aromatic carbocycles. The Bertz CT molecular complexity index is 675. The Morgan fingerprint density at radius 2 is 1.86 bits per heavy atom. The van der Waals surface area contributed by atoms with Crippen molar-refractivity contribution >= 4 is 0 Å². The van der Waals surface area contributed by atoms with E-state index in [4.69, 9.17) is 4.74 Å². The predicted molar refractivity (Wildman–Crippen MR) is 82.5 cm³/mol. The first-order chi connectivity index (χ1) is 10.3. The molecule has 0 aliphatic heterocycles. The smallest absolute Gasteiger partial charge is 0.120 e. The summed E-state index contributed by atoms with van der Waals surface area (Å²) in [5.41, 5.74) is 6.54. The summed E-state index contributed by atoms with van der Waals surface area (Å²) in [6.45, 7) is 0.620. The van der Waals surface area contributed by atoms with Gasteiger partial charge in [0.15, 0.2) is 0 Å². The summed E-state index contributed by atoms with van der Waals surface area (Å²) in [5, 5.41) is 9.83. The zero-order valence-corrected chi connectivity index (χ0v) is 12.1. The Labute approximate surface area is 125 Å². The monoisotopic (exact) mass is 280 g/mol. The molecule has 1 N–H and O–H groups in total. The first-order valence-corrected chi connectivity index (χ1v) is 7.84. The van der Waals surface area contributed by atoms with Gasteiger partial charge in [-0.2, -0.15) is 0 Å². The van der Waals surface area contributed by atoms with E-state index in [0.29, 0.717) is 6.61 Å². The van der Waals surface area contributed by atoms with Gasteiger partial charge in [-0.15, -0.1) is 0 Å². The highest BCUT2D eigenvalue weighted by molar-refractivity contribution is 5.40. The normalized spacial score (nSPS) is 19.4. The number of ether oxygens (including phenoxy) is 1. The largest absolute Gasteiger partial charge is 0.489 e. The number of aliphatic hydroxyl groups excluding tert-OH is 1. The van der Waals surface area contributed by atoms with Crippen LogP contribution in [-0.2, 0) is 25.9 Å². The van der Waals surface area contributed by atoms with Crippen molar-refractivity contribution in [1.82, 2.24) is 0 Å². The SMILES string of the molecule is O[C@H]1CCc2cc(OCc3ccc4c(c3)CCC4)ccc21. The lowest BCUT2D eigenvalue weighted by Crippen LogP contribution is -1.98. The zero-order valence-electron chi connectivity index (χ0n) is 12.1. The molecule has 0 saturated heterocycles. The second kappa shape index (κ2) is 5.19. The summed E-state index contributed by atoms with van der Waals surface area (Å²) >= 11 is 0. The summed E-state index contributed by atoms with van der Waals surface area (Å²) in [6, 6.07) is 12.8. The van der Waals surface area contributed by atoms with Gasteiger partial charge in [0.05, 0.1) is 6.10 Å². The van der Waals surface area contributed by atoms with E-state index in [-0.39, 0.29) is 6.10 Å². The third kappa shape index (κ3) is 2.44. The van der Waals surface area contributed by atoms with E-state index < -0.39 is 0 Å². The number of fused-ring (bicyclic) bond motifs is 2. The number of aliphatic hydroxyl groups is 1. The van der Waals surface area contributed by atoms with Crippen LogP contribution < -0.4 is 4.74 Å². The van der Waals surface area contributed by atoms with E-state index in [9.17, 15) is 5.11 Å². The lowest BCUT2D eigenvalue weighted by atomic mass is 10.1. The molecule has 0 fully saturated rings. The van der Waals surface area contributed by atoms with Gasteiger partial charge in [-0.05, 0) is 72.1 Å². The van der Waals surface area contributed by atoms with Gasteiger partial charge in [0.2, 0.25) is 0 Å². The fourth-order valence-electron chi connectivity index (χ4n) is 3.54. The lowest BCUT2D eigenvalue weighted by molar-refractivity contribution is 0.180. The molecule has 108 valence electrons. The fourth-order valence-corrected chi connectivity index (χ4v) is 3.54. The highest BCUT2D eigenvalue weighted by atomic mass is 16.5. The minimum atomic E-state index is -0.286. The van der Waals surface area contributed by atoms with Crippen LogP contribution in [0.3, 0.4) is 0 Å². The van der Waals surface area contributed by atoms with E-state index in [2.05, 4.69) is 24.3 Å². The molecule has 0 radical (unpaired) electrons. The summed E-state index contributed by atoms with van der Waals surface area (Å²) in [7, 11) is 0. The molecule has 0 amide bonds. The third-order valence-corrected chi connectivity index (χ3v) is 4.73. The Balaban J connectivity index is 1.47. The van der Waals surface area contributed by atoms with Crippen molar-refractivity contribution in [2.45, 2.75) is 44.8 Å². The molecule has 0 heterocycles. The summed E-state index contributed by atoms with van der Waals surface area (Å²) in [5.74, 6) is 0.906. The van der Waals surface area contributed by atoms with Gasteiger partial charge in [0.1, 0.15) is 12.4 Å². The molecule has 0 aromatic heterocycles. The van der Waals surface area contributed by atoms with Crippen molar-refractivity contribution in [2.75, 3.05) is 0 Å². The highest BCUT2D eigenvalue weighted by Crippen LogP contribution is 2.33. The van der Waals surface area contributed by atoms with Gasteiger partial charge < -0.3 is 9.84 Å². The number of hydrogen-bond acceptors (Lipinski definition) is 2. The van der Waals surface area contributed by atoms with Crippen molar-refractivity contribution in [3.05, 3.63) is 64.2 Å². The molecule has 2 aliphatic rings. The predicted octanol–water partition coefficient (Wildman–Crippen LogP) is 3.73. The van der Waals surface area contributed by atoms with Crippen LogP contribution in [0.2, 0.25) is 0 Å². The Hall–Kier alpha value is -1.80. The van der Waals surface area contributed by atoms with Crippen LogP contribution in [0.15, 0.2) is 36.4 Å². The molecule has 0 spiro atoms. The molecular weight excluding hydrogens is 260 g/mol. The van der Waals surface area contributed by atoms with Gasteiger partial charge in [-0.1, -0.05) is 24.3 Å². The second-order valence-corrected chi connectivity index (χ2v) is 6.16. The molecular formula is C19H20O2. The first kappa shape index (κ1) is 12.9. The molecule has 21 heavy (non-hydrogen) atoms. The number of hydrogen-bond donors (Lipinski definition) is 1. The van der Waals surface area contributed by atoms with E-state index in [1.54, 1.807) is 0 Å². The summed E-state index contributed by atoms with van der Waals surface area (Å²) in [6.07, 6.45) is 5.22. The molecule has 4 rings (SSSR count). The Morgan fingerprint density at radius 3 is 2.81 bits per heavy atom. The third-order valence-electron chi connectivity index (χ3n) is 4.73. The van der Waals surface area contributed by atoms with Gasteiger partial charge in [0, 0.05) is 0 Å². The van der Waals surface area contributed by atoms with E-state index >= 15 is 0 Å². The number of benzene rings is 2. The Kier molecular flexibility index (Phi) is 3.19. The molecule has 0 saturated carbocycles. The van der Waals surface area contributed by atoms with E-state index in [1.165, 1.54) is 41.5 Å². The number of aryl methyl sites for hydroxylation is 3. The van der Waals surface area contributed by atoms with Crippen LogP contribution in [-0.4, -0.2) is 5.11 Å². The molecule has 0 bridgehead atoms. The van der Waals surface area contributed by atoms with E-state index in [0.717, 1.165) is 24.2 Å². The quantitative estimate of drug-likeness (QED) is 0.928. The molecule has 2 nitrogen and oxygen atoms in total. The highest BCUT2D eigenvalue weighted by Gasteiger charge is 2.20. The Morgan fingerprint density at radius 1 is 0.952 bits per heavy atom.